The first-order chi connectivity index (χ1) is 8.70. The Bertz CT molecular complexity index is 463. The van der Waals surface area contributed by atoms with Gasteiger partial charge in [0.05, 0.1) is 5.56 Å². The van der Waals surface area contributed by atoms with Gasteiger partial charge in [-0.1, -0.05) is 11.6 Å². The summed E-state index contributed by atoms with van der Waals surface area (Å²) < 4.78 is 37.6. The minimum atomic E-state index is -4.48. The van der Waals surface area contributed by atoms with Crippen LogP contribution in [0.1, 0.15) is 12.0 Å². The maximum Gasteiger partial charge on any atom is 0.416 e. The zero-order valence-corrected chi connectivity index (χ0v) is 11.1. The van der Waals surface area contributed by atoms with Gasteiger partial charge in [-0.2, -0.15) is 13.2 Å². The van der Waals surface area contributed by atoms with Crippen molar-refractivity contribution >= 4 is 23.3 Å². The Morgan fingerprint density at radius 3 is 2.58 bits per heavy atom. The van der Waals surface area contributed by atoms with Crippen molar-refractivity contribution in [3.63, 3.8) is 0 Å². The smallest absolute Gasteiger partial charge is 0.369 e. The fourth-order valence-electron chi connectivity index (χ4n) is 1.27. The molecule has 1 N–H and O–H groups in total. The number of amides is 1. The fourth-order valence-corrected chi connectivity index (χ4v) is 1.48. The molecular formula is C11H13ClF3N3O. The van der Waals surface area contributed by atoms with Crippen LogP contribution >= 0.6 is 11.6 Å². The molecule has 1 amide bonds. The number of anilines is 1. The van der Waals surface area contributed by atoms with Crippen molar-refractivity contribution in [2.24, 2.45) is 0 Å². The van der Waals surface area contributed by atoms with Crippen LogP contribution in [0.15, 0.2) is 12.1 Å². The lowest BCUT2D eigenvalue weighted by Crippen LogP contribution is -2.24. The molecule has 4 nitrogen and oxygen atoms in total. The van der Waals surface area contributed by atoms with Crippen molar-refractivity contribution in [2.45, 2.75) is 12.6 Å². The lowest BCUT2D eigenvalue weighted by Gasteiger charge is -2.12. The van der Waals surface area contributed by atoms with E-state index in [9.17, 15) is 18.0 Å². The minimum Gasteiger partial charge on any atom is -0.369 e. The van der Waals surface area contributed by atoms with Gasteiger partial charge in [-0.05, 0) is 12.1 Å². The molecule has 0 saturated carbocycles. The Balaban J connectivity index is 2.69. The van der Waals surface area contributed by atoms with E-state index in [1.54, 1.807) is 14.1 Å². The molecule has 19 heavy (non-hydrogen) atoms. The predicted molar refractivity (Wildman–Crippen MR) is 66.0 cm³/mol. The molecule has 0 aliphatic carbocycles. The normalized spacial score (nSPS) is 11.3. The minimum absolute atomic E-state index is 0.00798. The number of aromatic nitrogens is 1. The van der Waals surface area contributed by atoms with Gasteiger partial charge in [0.25, 0.3) is 0 Å². The maximum atomic E-state index is 12.5. The average Bonchev–Trinajstić information content (AvgIpc) is 2.26. The van der Waals surface area contributed by atoms with Crippen molar-refractivity contribution in [2.75, 3.05) is 26.0 Å². The van der Waals surface area contributed by atoms with E-state index in [2.05, 4.69) is 10.3 Å². The van der Waals surface area contributed by atoms with Crippen molar-refractivity contribution in [1.29, 1.82) is 0 Å². The molecule has 0 unspecified atom stereocenters. The van der Waals surface area contributed by atoms with Crippen LogP contribution in [0.4, 0.5) is 19.0 Å². The van der Waals surface area contributed by atoms with E-state index in [1.807, 2.05) is 0 Å². The lowest BCUT2D eigenvalue weighted by molar-refractivity contribution is -0.137. The van der Waals surface area contributed by atoms with E-state index in [0.29, 0.717) is 0 Å². The molecule has 0 saturated heterocycles. The van der Waals surface area contributed by atoms with Gasteiger partial charge < -0.3 is 10.2 Å². The first-order valence-electron chi connectivity index (χ1n) is 5.39. The van der Waals surface area contributed by atoms with E-state index in [4.69, 9.17) is 11.6 Å². The topological polar surface area (TPSA) is 45.2 Å². The molecule has 0 fully saturated rings. The molecule has 0 bridgehead atoms. The molecule has 1 aromatic rings. The number of nitrogens with zero attached hydrogens (tertiary/aromatic N) is 2. The van der Waals surface area contributed by atoms with Crippen LogP contribution in [0.5, 0.6) is 0 Å². The first-order valence-corrected chi connectivity index (χ1v) is 5.77. The number of pyridine rings is 1. The highest BCUT2D eigenvalue weighted by Gasteiger charge is 2.31. The Kier molecular flexibility index (Phi) is 4.99. The summed E-state index contributed by atoms with van der Waals surface area (Å²) in [5.74, 6) is -0.142. The first kappa shape index (κ1) is 15.6. The Morgan fingerprint density at radius 2 is 2.05 bits per heavy atom. The van der Waals surface area contributed by atoms with Gasteiger partial charge in [0.1, 0.15) is 11.0 Å². The largest absolute Gasteiger partial charge is 0.416 e. The number of hydrogen-bond donors (Lipinski definition) is 1. The molecule has 1 rings (SSSR count). The van der Waals surface area contributed by atoms with Gasteiger partial charge in [0.2, 0.25) is 5.91 Å². The van der Waals surface area contributed by atoms with Crippen LogP contribution in [0.25, 0.3) is 0 Å². The zero-order valence-electron chi connectivity index (χ0n) is 10.4. The van der Waals surface area contributed by atoms with Crippen molar-refractivity contribution < 1.29 is 18.0 Å². The number of alkyl halides is 3. The second-order valence-corrected chi connectivity index (χ2v) is 4.41. The third kappa shape index (κ3) is 4.94. The summed E-state index contributed by atoms with van der Waals surface area (Å²) in [6.07, 6.45) is -4.33. The fraction of sp³-hybridized carbons (Fsp3) is 0.455. The molecular weight excluding hydrogens is 283 g/mol. The monoisotopic (exact) mass is 295 g/mol. The van der Waals surface area contributed by atoms with Gasteiger partial charge >= 0.3 is 6.18 Å². The van der Waals surface area contributed by atoms with Crippen molar-refractivity contribution in [3.8, 4) is 0 Å². The van der Waals surface area contributed by atoms with Crippen LogP contribution in [-0.4, -0.2) is 36.4 Å². The highest BCUT2D eigenvalue weighted by Crippen LogP contribution is 2.31. The van der Waals surface area contributed by atoms with Crippen molar-refractivity contribution in [1.82, 2.24) is 9.88 Å². The quantitative estimate of drug-likeness (QED) is 0.869. The van der Waals surface area contributed by atoms with Gasteiger partial charge in [-0.25, -0.2) is 4.98 Å². The number of carbonyl (C=O) groups excluding carboxylic acids is 1. The van der Waals surface area contributed by atoms with E-state index in [0.717, 1.165) is 12.1 Å². The third-order valence-corrected chi connectivity index (χ3v) is 2.46. The van der Waals surface area contributed by atoms with Gasteiger partial charge in [0, 0.05) is 27.1 Å². The van der Waals surface area contributed by atoms with E-state index in [-0.39, 0.29) is 29.8 Å². The molecule has 0 aromatic carbocycles. The molecule has 8 heteroatoms. The number of rotatable bonds is 4. The summed E-state index contributed by atoms with van der Waals surface area (Å²) in [5, 5.41) is 2.39. The molecule has 106 valence electrons. The summed E-state index contributed by atoms with van der Waals surface area (Å²) in [5.41, 5.74) is -0.881. The van der Waals surface area contributed by atoms with Gasteiger partial charge in [0.15, 0.2) is 0 Å². The summed E-state index contributed by atoms with van der Waals surface area (Å²) in [4.78, 5) is 16.4. The Morgan fingerprint density at radius 1 is 1.42 bits per heavy atom. The standard InChI is InChI=1S/C11H13ClF3N3O/c1-18(2)10(19)3-4-16-9-6-7(11(13,14)15)5-8(12)17-9/h5-6H,3-4H2,1-2H3,(H,16,17). The SMILES string of the molecule is CN(C)C(=O)CCNc1cc(C(F)(F)F)cc(Cl)n1. The van der Waals surface area contributed by atoms with E-state index >= 15 is 0 Å². The number of carbonyl (C=O) groups is 1. The summed E-state index contributed by atoms with van der Waals surface area (Å²) >= 11 is 5.52. The number of halogens is 4. The van der Waals surface area contributed by atoms with E-state index in [1.165, 1.54) is 4.90 Å². The molecule has 1 aromatic heterocycles. The van der Waals surface area contributed by atoms with Crippen LogP contribution in [0.3, 0.4) is 0 Å². The van der Waals surface area contributed by atoms with Crippen LogP contribution in [-0.2, 0) is 11.0 Å². The Hall–Kier alpha value is -1.50. The molecule has 0 radical (unpaired) electrons. The van der Waals surface area contributed by atoms with E-state index < -0.39 is 11.7 Å². The molecule has 1 heterocycles. The predicted octanol–water partition coefficient (Wildman–Crippen LogP) is 2.64. The Labute approximate surface area is 113 Å². The second kappa shape index (κ2) is 6.10. The third-order valence-electron chi connectivity index (χ3n) is 2.27. The lowest BCUT2D eigenvalue weighted by atomic mass is 10.2. The van der Waals surface area contributed by atoms with Gasteiger partial charge in [-0.3, -0.25) is 4.79 Å². The van der Waals surface area contributed by atoms with Crippen LogP contribution in [0, 0.1) is 0 Å². The van der Waals surface area contributed by atoms with Crippen LogP contribution < -0.4 is 5.32 Å². The number of nitrogens with one attached hydrogen (secondary N) is 1. The summed E-state index contributed by atoms with van der Waals surface area (Å²) in [7, 11) is 3.20. The molecule has 0 aliphatic heterocycles. The highest BCUT2D eigenvalue weighted by molar-refractivity contribution is 6.29. The molecule has 0 atom stereocenters. The van der Waals surface area contributed by atoms with Crippen molar-refractivity contribution in [3.05, 3.63) is 22.8 Å². The second-order valence-electron chi connectivity index (χ2n) is 4.03. The maximum absolute atomic E-state index is 12.5. The highest BCUT2D eigenvalue weighted by atomic mass is 35.5. The number of hydrogen-bond acceptors (Lipinski definition) is 3. The average molecular weight is 296 g/mol. The van der Waals surface area contributed by atoms with Gasteiger partial charge in [-0.15, -0.1) is 0 Å². The van der Waals surface area contributed by atoms with Crippen LogP contribution in [0.2, 0.25) is 5.15 Å². The summed E-state index contributed by atoms with van der Waals surface area (Å²) in [6, 6.07) is 1.60. The molecule has 0 spiro atoms. The zero-order chi connectivity index (χ0) is 14.6. The summed E-state index contributed by atoms with van der Waals surface area (Å²) in [6.45, 7) is 0.182. The molecule has 0 aliphatic rings.